The molecular weight excluding hydrogens is 384 g/mol. The molecular formula is C19H16N2O2S3. The van der Waals surface area contributed by atoms with Crippen molar-refractivity contribution in [3.8, 4) is 0 Å². The van der Waals surface area contributed by atoms with Gasteiger partial charge >= 0.3 is 0 Å². The second kappa shape index (κ2) is 7.34. The van der Waals surface area contributed by atoms with Gasteiger partial charge in [0.15, 0.2) is 4.32 Å². The zero-order chi connectivity index (χ0) is 18.1. The number of hydrogen-bond donors (Lipinski definition) is 1. The first-order chi connectivity index (χ1) is 12.6. The maximum Gasteiger partial charge on any atom is 0.285 e. The first-order valence-electron chi connectivity index (χ1n) is 8.37. The van der Waals surface area contributed by atoms with E-state index in [4.69, 9.17) is 12.2 Å². The number of aryl methyl sites for hydroxylation is 1. The molecule has 0 bridgehead atoms. The highest BCUT2D eigenvalue weighted by atomic mass is 32.2. The highest BCUT2D eigenvalue weighted by molar-refractivity contribution is 8.26. The van der Waals surface area contributed by atoms with E-state index < -0.39 is 0 Å². The minimum atomic E-state index is -0.290. The second-order valence-corrected chi connectivity index (χ2v) is 8.77. The molecule has 1 N–H and O–H groups in total. The summed E-state index contributed by atoms with van der Waals surface area (Å²) in [6.07, 6.45) is 6.03. The Kier molecular flexibility index (Phi) is 4.93. The van der Waals surface area contributed by atoms with Crippen molar-refractivity contribution in [1.29, 1.82) is 0 Å². The van der Waals surface area contributed by atoms with E-state index in [0.717, 1.165) is 30.4 Å². The second-order valence-electron chi connectivity index (χ2n) is 6.13. The van der Waals surface area contributed by atoms with Gasteiger partial charge in [-0.25, -0.2) is 0 Å². The molecule has 4 rings (SSSR count). The number of thioether (sulfide) groups is 1. The molecule has 4 nitrogen and oxygen atoms in total. The standard InChI is InChI=1S/C19H16N2O2S3/c22-17(14-11-25-15-9-5-4-8-13(14)15)20-21-18(23)16(26-19(21)24)10-12-6-2-1-3-7-12/h1-3,6-7,10-11H,4-5,8-9H2,(H,20,22)/b16-10+. The van der Waals surface area contributed by atoms with Crippen LogP contribution in [0.25, 0.3) is 6.08 Å². The molecule has 1 saturated heterocycles. The number of hydrogen-bond acceptors (Lipinski definition) is 5. The number of nitrogens with zero attached hydrogens (tertiary/aromatic N) is 1. The van der Waals surface area contributed by atoms with Gasteiger partial charge in [0.2, 0.25) is 0 Å². The largest absolute Gasteiger partial charge is 0.285 e. The topological polar surface area (TPSA) is 49.4 Å². The fraction of sp³-hybridized carbons (Fsp3) is 0.211. The van der Waals surface area contributed by atoms with Gasteiger partial charge in [0, 0.05) is 10.3 Å². The number of thiocarbonyl (C=S) groups is 1. The Labute approximate surface area is 165 Å². The Hall–Kier alpha value is -1.96. The monoisotopic (exact) mass is 400 g/mol. The molecule has 2 heterocycles. The van der Waals surface area contributed by atoms with Gasteiger partial charge in [-0.2, -0.15) is 5.01 Å². The van der Waals surface area contributed by atoms with Crippen LogP contribution in [0.2, 0.25) is 0 Å². The summed E-state index contributed by atoms with van der Waals surface area (Å²) in [6.45, 7) is 0. The number of thiophene rings is 1. The van der Waals surface area contributed by atoms with Crippen LogP contribution in [0.3, 0.4) is 0 Å². The van der Waals surface area contributed by atoms with Crippen LogP contribution >= 0.6 is 35.3 Å². The molecule has 2 aromatic rings. The SMILES string of the molecule is O=C(NN1C(=O)/C(=C\c2ccccc2)SC1=S)c1csc2c1CCCC2. The number of carbonyl (C=O) groups excluding carboxylic acids is 2. The Morgan fingerprint density at radius 1 is 1.19 bits per heavy atom. The van der Waals surface area contributed by atoms with Crippen molar-refractivity contribution >= 4 is 57.5 Å². The molecule has 0 spiro atoms. The number of nitrogens with one attached hydrogen (secondary N) is 1. The van der Waals surface area contributed by atoms with Gasteiger partial charge in [-0.05, 0) is 55.1 Å². The van der Waals surface area contributed by atoms with Crippen LogP contribution in [0.4, 0.5) is 0 Å². The Morgan fingerprint density at radius 2 is 1.96 bits per heavy atom. The average molecular weight is 401 g/mol. The van der Waals surface area contributed by atoms with Gasteiger partial charge in [0.25, 0.3) is 11.8 Å². The molecule has 1 aromatic heterocycles. The summed E-state index contributed by atoms with van der Waals surface area (Å²) < 4.78 is 0.342. The minimum Gasteiger partial charge on any atom is -0.267 e. The van der Waals surface area contributed by atoms with E-state index in [0.29, 0.717) is 14.8 Å². The third-order valence-corrected chi connectivity index (χ3v) is 6.80. The molecule has 26 heavy (non-hydrogen) atoms. The number of amides is 2. The summed E-state index contributed by atoms with van der Waals surface area (Å²) in [5.41, 5.74) is 5.42. The zero-order valence-electron chi connectivity index (χ0n) is 13.9. The predicted octanol–water partition coefficient (Wildman–Crippen LogP) is 4.17. The van der Waals surface area contributed by atoms with E-state index in [-0.39, 0.29) is 11.8 Å². The normalized spacial score (nSPS) is 18.3. The summed E-state index contributed by atoms with van der Waals surface area (Å²) >= 11 is 8.12. The number of rotatable bonds is 3. The van der Waals surface area contributed by atoms with Crippen LogP contribution < -0.4 is 5.43 Å². The average Bonchev–Trinajstić information content (AvgIpc) is 3.19. The van der Waals surface area contributed by atoms with Crippen molar-refractivity contribution in [3.63, 3.8) is 0 Å². The third-order valence-electron chi connectivity index (χ3n) is 4.41. The molecule has 0 unspecified atom stereocenters. The molecule has 1 aliphatic carbocycles. The van der Waals surface area contributed by atoms with Crippen LogP contribution in [0.15, 0.2) is 40.6 Å². The smallest absolute Gasteiger partial charge is 0.267 e. The van der Waals surface area contributed by atoms with Crippen molar-refractivity contribution in [2.24, 2.45) is 0 Å². The number of carbonyl (C=O) groups is 2. The van der Waals surface area contributed by atoms with Crippen LogP contribution in [0, 0.1) is 0 Å². The lowest BCUT2D eigenvalue weighted by atomic mass is 9.96. The van der Waals surface area contributed by atoms with Gasteiger partial charge in [-0.3, -0.25) is 15.0 Å². The summed E-state index contributed by atoms with van der Waals surface area (Å²) in [7, 11) is 0. The van der Waals surface area contributed by atoms with E-state index in [2.05, 4.69) is 5.43 Å². The number of fused-ring (bicyclic) bond motifs is 1. The van der Waals surface area contributed by atoms with Gasteiger partial charge in [0.1, 0.15) is 0 Å². The van der Waals surface area contributed by atoms with Crippen LogP contribution in [-0.2, 0) is 17.6 Å². The molecule has 2 amide bonds. The van der Waals surface area contributed by atoms with E-state index in [1.54, 1.807) is 17.4 Å². The van der Waals surface area contributed by atoms with E-state index in [9.17, 15) is 9.59 Å². The van der Waals surface area contributed by atoms with Gasteiger partial charge in [-0.1, -0.05) is 42.1 Å². The van der Waals surface area contributed by atoms with E-state index >= 15 is 0 Å². The van der Waals surface area contributed by atoms with E-state index in [1.165, 1.54) is 28.1 Å². The quantitative estimate of drug-likeness (QED) is 0.620. The van der Waals surface area contributed by atoms with Crippen LogP contribution in [0.1, 0.15) is 39.2 Å². The molecule has 1 fully saturated rings. The molecule has 2 aliphatic rings. The van der Waals surface area contributed by atoms with Gasteiger partial charge in [-0.15, -0.1) is 11.3 Å². The predicted molar refractivity (Wildman–Crippen MR) is 110 cm³/mol. The first kappa shape index (κ1) is 17.5. The van der Waals surface area contributed by atoms with Crippen molar-refractivity contribution in [2.75, 3.05) is 0 Å². The van der Waals surface area contributed by atoms with Gasteiger partial charge < -0.3 is 0 Å². The summed E-state index contributed by atoms with van der Waals surface area (Å²) in [5.74, 6) is -0.553. The van der Waals surface area contributed by atoms with Crippen molar-refractivity contribution < 1.29 is 9.59 Å². The summed E-state index contributed by atoms with van der Waals surface area (Å²) in [6, 6.07) is 9.58. The fourth-order valence-electron chi connectivity index (χ4n) is 3.11. The lowest BCUT2D eigenvalue weighted by molar-refractivity contribution is -0.123. The first-order valence-corrected chi connectivity index (χ1v) is 10.5. The zero-order valence-corrected chi connectivity index (χ0v) is 16.3. The molecule has 132 valence electrons. The molecule has 1 aliphatic heterocycles. The molecule has 7 heteroatoms. The Balaban J connectivity index is 1.52. The fourth-order valence-corrected chi connectivity index (χ4v) is 5.42. The minimum absolute atomic E-state index is 0.262. The van der Waals surface area contributed by atoms with Crippen molar-refractivity contribution in [2.45, 2.75) is 25.7 Å². The lowest BCUT2D eigenvalue weighted by Crippen LogP contribution is -2.45. The molecule has 0 saturated carbocycles. The molecule has 0 radical (unpaired) electrons. The Morgan fingerprint density at radius 3 is 2.77 bits per heavy atom. The van der Waals surface area contributed by atoms with Crippen molar-refractivity contribution in [1.82, 2.24) is 10.4 Å². The van der Waals surface area contributed by atoms with Crippen LogP contribution in [0.5, 0.6) is 0 Å². The van der Waals surface area contributed by atoms with Crippen molar-refractivity contribution in [3.05, 3.63) is 62.2 Å². The van der Waals surface area contributed by atoms with Crippen LogP contribution in [-0.4, -0.2) is 21.1 Å². The highest BCUT2D eigenvalue weighted by Gasteiger charge is 2.34. The summed E-state index contributed by atoms with van der Waals surface area (Å²) in [5, 5.41) is 3.08. The Bertz CT molecular complexity index is 918. The molecule has 0 atom stereocenters. The van der Waals surface area contributed by atoms with E-state index in [1.807, 2.05) is 35.7 Å². The maximum atomic E-state index is 12.7. The summed E-state index contributed by atoms with van der Waals surface area (Å²) in [4.78, 5) is 27.2. The lowest BCUT2D eigenvalue weighted by Gasteiger charge is -2.17. The van der Waals surface area contributed by atoms with Gasteiger partial charge in [0.05, 0.1) is 10.5 Å². The number of benzene rings is 1. The highest BCUT2D eigenvalue weighted by Crippen LogP contribution is 2.33. The maximum absolute atomic E-state index is 12.7. The number of hydrazine groups is 1. The molecule has 1 aromatic carbocycles. The third kappa shape index (κ3) is 3.34.